The van der Waals surface area contributed by atoms with E-state index in [0.29, 0.717) is 12.8 Å². The van der Waals surface area contributed by atoms with Crippen molar-refractivity contribution in [2.24, 2.45) is 0 Å². The van der Waals surface area contributed by atoms with Crippen molar-refractivity contribution in [3.63, 3.8) is 0 Å². The molecule has 0 saturated carbocycles. The number of ether oxygens (including phenoxy) is 6. The fourth-order valence-corrected chi connectivity index (χ4v) is 12.4. The lowest BCUT2D eigenvalue weighted by atomic mass is 9.96. The van der Waals surface area contributed by atoms with Crippen molar-refractivity contribution in [1.29, 1.82) is 0 Å². The predicted molar refractivity (Wildman–Crippen MR) is 374 cm³/mol. The first-order valence-corrected chi connectivity index (χ1v) is 37.7. The van der Waals surface area contributed by atoms with E-state index >= 15 is 0 Å². The lowest BCUT2D eigenvalue weighted by molar-refractivity contribution is -0.379. The topological polar surface area (TPSA) is 307 Å². The number of hydrogen-bond donors (Lipinski definition) is 12. The lowest BCUT2D eigenvalue weighted by Gasteiger charge is -2.48. The average molecular weight is 1350 g/mol. The van der Waals surface area contributed by atoms with Crippen molar-refractivity contribution in [1.82, 2.24) is 5.32 Å². The highest BCUT2D eigenvalue weighted by Crippen LogP contribution is 2.33. The molecule has 1 amide bonds. The largest absolute Gasteiger partial charge is 0.394 e. The van der Waals surface area contributed by atoms with E-state index in [4.69, 9.17) is 28.4 Å². The van der Waals surface area contributed by atoms with E-state index in [1.165, 1.54) is 154 Å². The number of allylic oxidation sites excluding steroid dienone is 11. The number of aliphatic hydroxyl groups is 11. The van der Waals surface area contributed by atoms with Crippen LogP contribution in [0.25, 0.3) is 0 Å². The van der Waals surface area contributed by atoms with Gasteiger partial charge in [-0.25, -0.2) is 0 Å². The molecule has 0 radical (unpaired) electrons. The number of hydrogen-bond acceptors (Lipinski definition) is 18. The molecule has 0 bridgehead atoms. The molecule has 19 heteroatoms. The van der Waals surface area contributed by atoms with Crippen LogP contribution in [0.1, 0.15) is 271 Å². The summed E-state index contributed by atoms with van der Waals surface area (Å²) >= 11 is 0. The molecule has 3 heterocycles. The van der Waals surface area contributed by atoms with E-state index in [0.717, 1.165) is 83.5 Å². The van der Waals surface area contributed by atoms with Gasteiger partial charge in [0.25, 0.3) is 0 Å². The molecule has 95 heavy (non-hydrogen) atoms. The summed E-state index contributed by atoms with van der Waals surface area (Å²) in [5.41, 5.74) is 0. The van der Waals surface area contributed by atoms with Gasteiger partial charge in [0, 0.05) is 6.42 Å². The van der Waals surface area contributed by atoms with Crippen molar-refractivity contribution in [2.45, 2.75) is 375 Å². The van der Waals surface area contributed by atoms with Gasteiger partial charge >= 0.3 is 0 Å². The highest BCUT2D eigenvalue weighted by atomic mass is 16.8. The minimum atomic E-state index is -1.99. The zero-order chi connectivity index (χ0) is 68.9. The van der Waals surface area contributed by atoms with Crippen LogP contribution in [0.3, 0.4) is 0 Å². The van der Waals surface area contributed by atoms with Gasteiger partial charge in [-0.2, -0.15) is 0 Å². The van der Waals surface area contributed by atoms with Crippen LogP contribution in [0.15, 0.2) is 72.9 Å². The van der Waals surface area contributed by atoms with E-state index in [1.54, 1.807) is 6.08 Å². The van der Waals surface area contributed by atoms with Gasteiger partial charge in [-0.1, -0.05) is 267 Å². The Balaban J connectivity index is 1.41. The number of carbonyl (C=O) groups excluding carboxylic acids is 1. The van der Waals surface area contributed by atoms with Gasteiger partial charge in [0.15, 0.2) is 18.9 Å². The van der Waals surface area contributed by atoms with Gasteiger partial charge in [0.05, 0.1) is 38.6 Å². The molecule has 0 aliphatic carbocycles. The van der Waals surface area contributed by atoms with Crippen molar-refractivity contribution < 1.29 is 89.4 Å². The highest BCUT2D eigenvalue weighted by Gasteiger charge is 2.53. The van der Waals surface area contributed by atoms with Crippen LogP contribution in [-0.4, -0.2) is 193 Å². The van der Waals surface area contributed by atoms with Crippen LogP contribution in [0.5, 0.6) is 0 Å². The van der Waals surface area contributed by atoms with Gasteiger partial charge in [-0.15, -0.1) is 0 Å². The van der Waals surface area contributed by atoms with Crippen molar-refractivity contribution >= 4 is 5.91 Å². The van der Waals surface area contributed by atoms with Crippen LogP contribution in [0, 0.1) is 0 Å². The van der Waals surface area contributed by atoms with E-state index in [-0.39, 0.29) is 18.9 Å². The Labute approximate surface area is 572 Å². The van der Waals surface area contributed by atoms with E-state index < -0.39 is 124 Å². The number of unbranched alkanes of at least 4 members (excludes halogenated alkanes) is 32. The summed E-state index contributed by atoms with van der Waals surface area (Å²) in [6.45, 7) is 1.61. The minimum absolute atomic E-state index is 0.216. The summed E-state index contributed by atoms with van der Waals surface area (Å²) in [5.74, 6) is -0.300. The highest BCUT2D eigenvalue weighted by molar-refractivity contribution is 5.76. The van der Waals surface area contributed by atoms with Crippen LogP contribution < -0.4 is 5.32 Å². The molecule has 0 aromatic heterocycles. The second-order valence-electron chi connectivity index (χ2n) is 26.7. The van der Waals surface area contributed by atoms with Gasteiger partial charge in [0.2, 0.25) is 5.91 Å². The summed E-state index contributed by atoms with van der Waals surface area (Å²) in [7, 11) is 0. The maximum atomic E-state index is 13.4. The fraction of sp³-hybridized carbons (Fsp3) is 0.829. The molecule has 17 atom stereocenters. The summed E-state index contributed by atoms with van der Waals surface area (Å²) in [5, 5.41) is 121. The molecule has 3 aliphatic rings. The Morgan fingerprint density at radius 3 is 1.18 bits per heavy atom. The third kappa shape index (κ3) is 38.0. The van der Waals surface area contributed by atoms with E-state index in [2.05, 4.69) is 79.9 Å². The molecule has 0 aromatic rings. The molecule has 3 rings (SSSR count). The predicted octanol–water partition coefficient (Wildman–Crippen LogP) is 11.3. The van der Waals surface area contributed by atoms with Crippen LogP contribution in [-0.2, 0) is 33.2 Å². The fourth-order valence-electron chi connectivity index (χ4n) is 12.4. The molecule has 3 fully saturated rings. The summed E-state index contributed by atoms with van der Waals surface area (Å²) < 4.78 is 34.4. The average Bonchev–Trinajstić information content (AvgIpc) is 0.787. The zero-order valence-electron chi connectivity index (χ0n) is 58.6. The third-order valence-corrected chi connectivity index (χ3v) is 18.5. The summed E-state index contributed by atoms with van der Waals surface area (Å²) in [4.78, 5) is 13.4. The number of carbonyl (C=O) groups is 1. The number of nitrogens with one attached hydrogen (secondary N) is 1. The summed E-state index contributed by atoms with van der Waals surface area (Å²) in [6.07, 6.45) is 46.1. The molecule has 3 aliphatic heterocycles. The second kappa shape index (κ2) is 56.9. The van der Waals surface area contributed by atoms with E-state index in [9.17, 15) is 61.0 Å². The maximum absolute atomic E-state index is 13.4. The number of rotatable bonds is 58. The Morgan fingerprint density at radius 2 is 0.737 bits per heavy atom. The minimum Gasteiger partial charge on any atom is -0.394 e. The molecule has 0 spiro atoms. The quantitative estimate of drug-likeness (QED) is 0.0199. The number of aliphatic hydroxyl groups excluding tert-OH is 11. The number of amides is 1. The Bertz CT molecular complexity index is 2000. The first kappa shape index (κ1) is 86.5. The molecule has 0 aromatic carbocycles. The van der Waals surface area contributed by atoms with Gasteiger partial charge in [-0.3, -0.25) is 4.79 Å². The smallest absolute Gasteiger partial charge is 0.220 e. The standard InChI is InChI=1S/C76H135NO18/c1-3-5-7-9-11-13-15-17-19-21-23-24-25-26-27-28-29-30-31-32-33-34-36-37-39-41-43-45-47-49-51-53-60(81)59(77-64(82)54-52-50-48-46-44-42-40-38-35-22-20-18-16-14-12-10-8-6-4-2)58-90-74-70(88)67(85)72(62(56-79)92-74)95-76-71(89)68(86)73(63(57-80)93-76)94-75-69(87)66(84)65(83)61(55-78)91-75/h6,8,12,14,18,20,35,38,43,45,51,53,59-63,65-76,78-81,83-89H,3-5,7,9-11,13,15-17,19,21-34,36-37,39-42,44,46-50,52,54-58H2,1-2H3,(H,77,82)/b8-6-,14-12-,20-18-,38-35-,45-43+,53-51+. The van der Waals surface area contributed by atoms with Crippen molar-refractivity contribution in [3.8, 4) is 0 Å². The SMILES string of the molecule is CC/C=C\C/C=C\C/C=C\C/C=C\CCCCCCCCC(=O)NC(COC1OC(CO)C(OC2OC(CO)C(OC3OC(CO)C(O)C(O)C3O)C(O)C2O)C(O)C1O)C(O)/C=C/CC/C=C/CCCCCCCCCCCCCCCCCCCCCCCCCCC. The third-order valence-electron chi connectivity index (χ3n) is 18.5. The Hall–Kier alpha value is -2.77. The first-order chi connectivity index (χ1) is 46.3. The first-order valence-electron chi connectivity index (χ1n) is 37.7. The normalized spacial score (nSPS) is 27.6. The Morgan fingerprint density at radius 1 is 0.389 bits per heavy atom. The van der Waals surface area contributed by atoms with Crippen molar-refractivity contribution in [2.75, 3.05) is 26.4 Å². The van der Waals surface area contributed by atoms with Gasteiger partial charge in [0.1, 0.15) is 73.2 Å². The van der Waals surface area contributed by atoms with E-state index in [1.807, 2.05) is 6.08 Å². The molecule has 17 unspecified atom stereocenters. The maximum Gasteiger partial charge on any atom is 0.220 e. The molecular formula is C76H135NO18. The van der Waals surface area contributed by atoms with Gasteiger partial charge in [-0.05, 0) is 70.6 Å². The molecule has 552 valence electrons. The van der Waals surface area contributed by atoms with Crippen LogP contribution in [0.4, 0.5) is 0 Å². The van der Waals surface area contributed by atoms with Crippen LogP contribution in [0.2, 0.25) is 0 Å². The molecule has 3 saturated heterocycles. The Kier molecular flexibility index (Phi) is 51.8. The zero-order valence-corrected chi connectivity index (χ0v) is 58.6. The van der Waals surface area contributed by atoms with Gasteiger partial charge < -0.3 is 89.9 Å². The molecule has 12 N–H and O–H groups in total. The molecule has 19 nitrogen and oxygen atoms in total. The van der Waals surface area contributed by atoms with Crippen LogP contribution >= 0.6 is 0 Å². The lowest BCUT2D eigenvalue weighted by Crippen LogP contribution is -2.66. The molecular weight excluding hydrogens is 1210 g/mol. The monoisotopic (exact) mass is 1350 g/mol. The van der Waals surface area contributed by atoms with Crippen molar-refractivity contribution in [3.05, 3.63) is 72.9 Å². The summed E-state index contributed by atoms with van der Waals surface area (Å²) in [6, 6.07) is -1.00. The second-order valence-corrected chi connectivity index (χ2v) is 26.7.